The fourth-order valence-corrected chi connectivity index (χ4v) is 8.40. The van der Waals surface area contributed by atoms with Crippen LogP contribution in [0.5, 0.6) is 11.5 Å². The van der Waals surface area contributed by atoms with Crippen LogP contribution in [0, 0.1) is 35.5 Å². The lowest BCUT2D eigenvalue weighted by Crippen LogP contribution is -2.53. The Morgan fingerprint density at radius 2 is 0.771 bits per heavy atom. The lowest BCUT2D eigenvalue weighted by Gasteiger charge is -2.50. The molecule has 0 saturated heterocycles. The molecule has 6 aromatic rings. The van der Waals surface area contributed by atoms with Crippen molar-refractivity contribution in [2.24, 2.45) is 11.8 Å². The highest BCUT2D eigenvalue weighted by molar-refractivity contribution is 6.01. The van der Waals surface area contributed by atoms with Gasteiger partial charge in [-0.3, -0.25) is 19.2 Å². The average Bonchev–Trinajstić information content (AvgIpc) is 3.39. The van der Waals surface area contributed by atoms with Gasteiger partial charge in [-0.05, 0) is 134 Å². The van der Waals surface area contributed by atoms with Gasteiger partial charge in [0.2, 0.25) is 23.6 Å². The predicted molar refractivity (Wildman–Crippen MR) is 276 cm³/mol. The van der Waals surface area contributed by atoms with Gasteiger partial charge < -0.3 is 30.7 Å². The number of anilines is 2. The van der Waals surface area contributed by atoms with Crippen molar-refractivity contribution in [3.8, 4) is 35.2 Å². The smallest absolute Gasteiger partial charge is 0.228 e. The molecule has 1 aliphatic carbocycles. The Morgan fingerprint density at radius 3 is 1.11 bits per heavy atom. The van der Waals surface area contributed by atoms with Gasteiger partial charge in [0.1, 0.15) is 11.5 Å². The SMILES string of the molecule is CCC(=O)NCCCCOc1ccc(C2C(C(=O)Nc3ccc(C#Cc4ccccc4)cc3)C(c3ccc(OCCCCNC(=O)CC)cc3)C2C(=O)Nc2ccc(C#Cc3ccccc3)cc2)cc1. The monoisotopic (exact) mass is 932 g/mol. The maximum atomic E-state index is 14.8. The van der Waals surface area contributed by atoms with Crippen molar-refractivity contribution in [3.05, 3.63) is 191 Å². The summed E-state index contributed by atoms with van der Waals surface area (Å²) in [5, 5.41) is 12.2. The molecule has 0 aliphatic heterocycles. The summed E-state index contributed by atoms with van der Waals surface area (Å²) >= 11 is 0. The molecule has 1 aliphatic rings. The van der Waals surface area contributed by atoms with Crippen molar-refractivity contribution in [2.45, 2.75) is 64.2 Å². The quantitative estimate of drug-likeness (QED) is 0.0445. The van der Waals surface area contributed by atoms with Crippen LogP contribution in [0.15, 0.2) is 158 Å². The number of rotatable bonds is 20. The number of ether oxygens (including phenoxy) is 2. The van der Waals surface area contributed by atoms with Gasteiger partial charge in [0.05, 0.1) is 25.0 Å². The molecule has 10 heteroatoms. The molecule has 1 saturated carbocycles. The molecule has 10 nitrogen and oxygen atoms in total. The minimum Gasteiger partial charge on any atom is -0.494 e. The lowest BCUT2D eigenvalue weighted by molar-refractivity contribution is -0.134. The van der Waals surface area contributed by atoms with E-state index in [1.807, 2.05) is 172 Å². The molecular formula is C60H60N4O6. The van der Waals surface area contributed by atoms with Crippen LogP contribution in [0.25, 0.3) is 0 Å². The number of carbonyl (C=O) groups excluding carboxylic acids is 4. The first kappa shape index (κ1) is 49.8. The van der Waals surface area contributed by atoms with E-state index in [0.717, 1.165) is 59.1 Å². The molecule has 6 aromatic carbocycles. The van der Waals surface area contributed by atoms with E-state index in [2.05, 4.69) is 44.9 Å². The first-order chi connectivity index (χ1) is 34.3. The Morgan fingerprint density at radius 1 is 0.429 bits per heavy atom. The molecule has 0 radical (unpaired) electrons. The summed E-state index contributed by atoms with van der Waals surface area (Å²) in [6, 6.07) is 49.8. The summed E-state index contributed by atoms with van der Waals surface area (Å²) in [5.41, 5.74) is 6.34. The van der Waals surface area contributed by atoms with Crippen LogP contribution in [0.4, 0.5) is 11.4 Å². The molecule has 0 atom stereocenters. The highest BCUT2D eigenvalue weighted by Gasteiger charge is 2.58. The lowest BCUT2D eigenvalue weighted by atomic mass is 9.52. The Kier molecular flexibility index (Phi) is 18.4. The van der Waals surface area contributed by atoms with Gasteiger partial charge >= 0.3 is 0 Å². The van der Waals surface area contributed by atoms with E-state index in [9.17, 15) is 19.2 Å². The molecule has 4 N–H and O–H groups in total. The van der Waals surface area contributed by atoms with Crippen LogP contribution in [-0.4, -0.2) is 49.9 Å². The van der Waals surface area contributed by atoms with Crippen LogP contribution >= 0.6 is 0 Å². The summed E-state index contributed by atoms with van der Waals surface area (Å²) in [4.78, 5) is 52.9. The molecule has 356 valence electrons. The summed E-state index contributed by atoms with van der Waals surface area (Å²) in [7, 11) is 0. The van der Waals surface area contributed by atoms with Crippen LogP contribution in [0.1, 0.15) is 97.6 Å². The zero-order valence-electron chi connectivity index (χ0n) is 39.8. The molecule has 0 bridgehead atoms. The average molecular weight is 933 g/mol. The van der Waals surface area contributed by atoms with Gasteiger partial charge in [0, 0.05) is 71.4 Å². The van der Waals surface area contributed by atoms with Crippen LogP contribution in [-0.2, 0) is 19.2 Å². The van der Waals surface area contributed by atoms with E-state index in [4.69, 9.17) is 9.47 Å². The maximum absolute atomic E-state index is 14.8. The van der Waals surface area contributed by atoms with E-state index >= 15 is 0 Å². The normalized spacial score (nSPS) is 15.6. The minimum absolute atomic E-state index is 0.0300. The minimum atomic E-state index is -0.640. The van der Waals surface area contributed by atoms with Crippen LogP contribution in [0.2, 0.25) is 0 Å². The number of hydrogen-bond donors (Lipinski definition) is 4. The third-order valence-electron chi connectivity index (χ3n) is 12.2. The van der Waals surface area contributed by atoms with Gasteiger partial charge in [0.15, 0.2) is 0 Å². The third-order valence-corrected chi connectivity index (χ3v) is 12.2. The molecule has 0 unspecified atom stereocenters. The zero-order chi connectivity index (χ0) is 48.9. The highest BCUT2D eigenvalue weighted by atomic mass is 16.5. The maximum Gasteiger partial charge on any atom is 0.228 e. The molecule has 7 rings (SSSR count). The molecule has 0 heterocycles. The number of unbranched alkanes of at least 4 members (excludes halogenated alkanes) is 2. The number of benzene rings is 6. The molecule has 70 heavy (non-hydrogen) atoms. The molecule has 0 aromatic heterocycles. The second-order valence-corrected chi connectivity index (χ2v) is 17.1. The van der Waals surface area contributed by atoms with Crippen molar-refractivity contribution in [2.75, 3.05) is 36.9 Å². The van der Waals surface area contributed by atoms with Crippen molar-refractivity contribution < 1.29 is 28.7 Å². The Labute approximate surface area is 412 Å². The van der Waals surface area contributed by atoms with E-state index < -0.39 is 23.7 Å². The van der Waals surface area contributed by atoms with Crippen molar-refractivity contribution in [1.29, 1.82) is 0 Å². The Bertz CT molecular complexity index is 2570. The molecule has 4 amide bonds. The van der Waals surface area contributed by atoms with Crippen LogP contribution < -0.4 is 30.7 Å². The summed E-state index contributed by atoms with van der Waals surface area (Å²) in [5.74, 6) is 11.5. The van der Waals surface area contributed by atoms with Gasteiger partial charge in [-0.2, -0.15) is 0 Å². The largest absolute Gasteiger partial charge is 0.494 e. The topological polar surface area (TPSA) is 135 Å². The van der Waals surface area contributed by atoms with Gasteiger partial charge in [-0.25, -0.2) is 0 Å². The van der Waals surface area contributed by atoms with E-state index in [0.29, 0.717) is 62.0 Å². The highest BCUT2D eigenvalue weighted by Crippen LogP contribution is 2.58. The van der Waals surface area contributed by atoms with Gasteiger partial charge in [-0.1, -0.05) is 98.2 Å². The fourth-order valence-electron chi connectivity index (χ4n) is 8.40. The number of nitrogens with one attached hydrogen (secondary N) is 4. The first-order valence-electron chi connectivity index (χ1n) is 24.2. The Hall–Kier alpha value is -8.08. The summed E-state index contributed by atoms with van der Waals surface area (Å²) in [6.07, 6.45) is 4.03. The molecular weight excluding hydrogens is 873 g/mol. The predicted octanol–water partition coefficient (Wildman–Crippen LogP) is 10.2. The second-order valence-electron chi connectivity index (χ2n) is 17.1. The van der Waals surface area contributed by atoms with Crippen molar-refractivity contribution >= 4 is 35.0 Å². The first-order valence-corrected chi connectivity index (χ1v) is 24.2. The van der Waals surface area contributed by atoms with Gasteiger partial charge in [-0.15, -0.1) is 0 Å². The second kappa shape index (κ2) is 25.9. The molecule has 0 spiro atoms. The van der Waals surface area contributed by atoms with Crippen molar-refractivity contribution in [1.82, 2.24) is 10.6 Å². The molecule has 1 fully saturated rings. The summed E-state index contributed by atoms with van der Waals surface area (Å²) in [6.45, 7) is 5.82. The van der Waals surface area contributed by atoms with Gasteiger partial charge in [0.25, 0.3) is 0 Å². The van der Waals surface area contributed by atoms with E-state index in [-0.39, 0.29) is 23.6 Å². The Balaban J connectivity index is 1.14. The van der Waals surface area contributed by atoms with Crippen molar-refractivity contribution in [3.63, 3.8) is 0 Å². The number of hydrogen-bond acceptors (Lipinski definition) is 6. The number of carbonyl (C=O) groups is 4. The zero-order valence-corrected chi connectivity index (χ0v) is 39.8. The third kappa shape index (κ3) is 14.5. The fraction of sp³-hybridized carbons (Fsp3) is 0.267. The van der Waals surface area contributed by atoms with Crippen LogP contribution in [0.3, 0.4) is 0 Å². The number of amides is 4. The van der Waals surface area contributed by atoms with E-state index in [1.165, 1.54) is 0 Å². The summed E-state index contributed by atoms with van der Waals surface area (Å²) < 4.78 is 12.2. The van der Waals surface area contributed by atoms with E-state index in [1.54, 1.807) is 0 Å². The standard InChI is InChI=1S/C60H60N4O6/c1-3-53(65)61-39-11-13-41-69-51-35-27-47(28-36-51)55-57(59(67)63-49-31-23-45(24-32-49)21-19-43-15-7-5-8-16-43)56(48-29-37-52(38-30-48)70-42-14-12-40-62-54(66)4-2)58(55)60(68)64-50-33-25-46(26-34-50)22-20-44-17-9-6-10-18-44/h5-10,15-18,23-38,55-58H,3-4,11-14,39-42H2,1-2H3,(H,61,65)(H,62,66)(H,63,67)(H,64,68).